The van der Waals surface area contributed by atoms with Crippen LogP contribution in [0.2, 0.25) is 0 Å². The highest BCUT2D eigenvalue weighted by Crippen LogP contribution is 2.31. The van der Waals surface area contributed by atoms with Gasteiger partial charge in [-0.15, -0.1) is 0 Å². The lowest BCUT2D eigenvalue weighted by atomic mass is 10.2. The van der Waals surface area contributed by atoms with Crippen molar-refractivity contribution in [3.05, 3.63) is 69.0 Å². The van der Waals surface area contributed by atoms with Crippen molar-refractivity contribution in [2.75, 3.05) is 0 Å². The van der Waals surface area contributed by atoms with Crippen LogP contribution < -0.4 is 10.1 Å². The number of benzene rings is 2. The third kappa shape index (κ3) is 4.22. The highest BCUT2D eigenvalue weighted by Gasteiger charge is 2.22. The summed E-state index contributed by atoms with van der Waals surface area (Å²) in [5.74, 6) is 0.546. The Kier molecular flexibility index (Phi) is 5.15. The molecule has 0 radical (unpaired) electrons. The number of hydrogen-bond donors (Lipinski definition) is 1. The highest BCUT2D eigenvalue weighted by molar-refractivity contribution is 9.10. The van der Waals surface area contributed by atoms with Gasteiger partial charge >= 0.3 is 0 Å². The van der Waals surface area contributed by atoms with E-state index < -0.39 is 0 Å². The van der Waals surface area contributed by atoms with E-state index in [1.165, 1.54) is 11.8 Å². The maximum Gasteiger partial charge on any atom is 0.263 e. The van der Waals surface area contributed by atoms with Gasteiger partial charge in [-0.1, -0.05) is 70.2 Å². The Balaban J connectivity index is 1.85. The summed E-state index contributed by atoms with van der Waals surface area (Å²) in [7, 11) is 0. The summed E-state index contributed by atoms with van der Waals surface area (Å²) < 4.78 is 7.31. The zero-order valence-corrected chi connectivity index (χ0v) is 15.1. The molecule has 0 atom stereocenters. The Morgan fingerprint density at radius 3 is 2.70 bits per heavy atom. The number of nitrogens with one attached hydrogen (secondary N) is 1. The molecule has 1 aliphatic rings. The number of halogens is 1. The Morgan fingerprint density at radius 1 is 1.22 bits per heavy atom. The molecule has 3 rings (SSSR count). The first-order valence-corrected chi connectivity index (χ1v) is 8.85. The van der Waals surface area contributed by atoms with Crippen LogP contribution in [-0.2, 0) is 11.4 Å². The first kappa shape index (κ1) is 16.2. The van der Waals surface area contributed by atoms with E-state index in [0.717, 1.165) is 21.3 Å². The van der Waals surface area contributed by atoms with Crippen molar-refractivity contribution < 1.29 is 9.53 Å². The van der Waals surface area contributed by atoms with E-state index in [9.17, 15) is 4.79 Å². The molecule has 0 aromatic heterocycles. The largest absolute Gasteiger partial charge is 0.488 e. The number of hydrogen-bond acceptors (Lipinski definition) is 4. The van der Waals surface area contributed by atoms with Crippen molar-refractivity contribution in [1.29, 1.82) is 0 Å². The number of thiocarbonyl (C=S) groups is 1. The van der Waals surface area contributed by atoms with E-state index in [-0.39, 0.29) is 5.91 Å². The predicted octanol–water partition coefficient (Wildman–Crippen LogP) is 4.52. The quantitative estimate of drug-likeness (QED) is 0.599. The van der Waals surface area contributed by atoms with Crippen LogP contribution in [0.4, 0.5) is 0 Å². The molecule has 2 aromatic carbocycles. The van der Waals surface area contributed by atoms with Crippen LogP contribution in [0.3, 0.4) is 0 Å². The highest BCUT2D eigenvalue weighted by atomic mass is 79.9. The molecule has 1 N–H and O–H groups in total. The van der Waals surface area contributed by atoms with Crippen LogP contribution in [0.5, 0.6) is 5.75 Å². The number of thioether (sulfide) groups is 1. The van der Waals surface area contributed by atoms with Crippen LogP contribution in [0.15, 0.2) is 57.9 Å². The fraction of sp³-hybridized carbons (Fsp3) is 0.0588. The van der Waals surface area contributed by atoms with Gasteiger partial charge in [-0.3, -0.25) is 4.79 Å². The fourth-order valence-electron chi connectivity index (χ4n) is 2.06. The Morgan fingerprint density at radius 2 is 2.00 bits per heavy atom. The smallest absolute Gasteiger partial charge is 0.263 e. The van der Waals surface area contributed by atoms with E-state index >= 15 is 0 Å². The SMILES string of the molecule is O=C1NC(=S)S/C1=C/c1cc(Br)ccc1OCc1ccccc1. The van der Waals surface area contributed by atoms with Crippen molar-refractivity contribution in [2.24, 2.45) is 0 Å². The van der Waals surface area contributed by atoms with Crippen molar-refractivity contribution in [1.82, 2.24) is 5.32 Å². The molecule has 2 aromatic rings. The fourth-order valence-corrected chi connectivity index (χ4v) is 3.48. The molecule has 0 saturated carbocycles. The standard InChI is InChI=1S/C17H12BrNO2S2/c18-13-6-7-14(21-10-11-4-2-1-3-5-11)12(8-13)9-15-16(20)19-17(22)23-15/h1-9H,10H2,(H,19,20,22)/b15-9+. The second-order valence-corrected chi connectivity index (χ2v) is 7.44. The van der Waals surface area contributed by atoms with Crippen LogP contribution in [0.1, 0.15) is 11.1 Å². The van der Waals surface area contributed by atoms with Crippen LogP contribution in [-0.4, -0.2) is 10.2 Å². The third-order valence-corrected chi connectivity index (χ3v) is 4.79. The summed E-state index contributed by atoms with van der Waals surface area (Å²) in [6.07, 6.45) is 1.80. The topological polar surface area (TPSA) is 38.3 Å². The molecular formula is C17H12BrNO2S2. The van der Waals surface area contributed by atoms with Gasteiger partial charge in [-0.05, 0) is 29.8 Å². The second kappa shape index (κ2) is 7.29. The van der Waals surface area contributed by atoms with Gasteiger partial charge in [0.25, 0.3) is 5.91 Å². The molecule has 6 heteroatoms. The molecule has 0 spiro atoms. The lowest BCUT2D eigenvalue weighted by Crippen LogP contribution is -2.17. The lowest BCUT2D eigenvalue weighted by molar-refractivity contribution is -0.115. The van der Waals surface area contributed by atoms with E-state index in [1.54, 1.807) is 6.08 Å². The van der Waals surface area contributed by atoms with Gasteiger partial charge in [0, 0.05) is 10.0 Å². The zero-order chi connectivity index (χ0) is 16.2. The summed E-state index contributed by atoms with van der Waals surface area (Å²) in [5, 5.41) is 2.61. The van der Waals surface area contributed by atoms with Crippen molar-refractivity contribution in [3.8, 4) is 5.75 Å². The van der Waals surface area contributed by atoms with Gasteiger partial charge in [-0.2, -0.15) is 0 Å². The second-order valence-electron chi connectivity index (χ2n) is 4.81. The molecule has 1 amide bonds. The van der Waals surface area contributed by atoms with Gasteiger partial charge in [0.2, 0.25) is 0 Å². The molecule has 3 nitrogen and oxygen atoms in total. The third-order valence-electron chi connectivity index (χ3n) is 3.14. The van der Waals surface area contributed by atoms with E-state index in [0.29, 0.717) is 15.8 Å². The number of rotatable bonds is 4. The monoisotopic (exact) mass is 405 g/mol. The Labute approximate surface area is 152 Å². The normalized spacial score (nSPS) is 15.8. The summed E-state index contributed by atoms with van der Waals surface area (Å²) in [6, 6.07) is 15.7. The molecule has 0 bridgehead atoms. The van der Waals surface area contributed by atoms with Crippen LogP contribution in [0, 0.1) is 0 Å². The molecule has 23 heavy (non-hydrogen) atoms. The molecule has 1 saturated heterocycles. The molecule has 0 unspecified atom stereocenters. The minimum Gasteiger partial charge on any atom is -0.488 e. The maximum absolute atomic E-state index is 11.8. The number of ether oxygens (including phenoxy) is 1. The van der Waals surface area contributed by atoms with E-state index in [1.807, 2.05) is 48.5 Å². The van der Waals surface area contributed by atoms with Gasteiger partial charge in [0.1, 0.15) is 16.7 Å². The van der Waals surface area contributed by atoms with Crippen molar-refractivity contribution in [2.45, 2.75) is 6.61 Å². The molecule has 0 aliphatic carbocycles. The Hall–Kier alpha value is -1.63. The van der Waals surface area contributed by atoms with Gasteiger partial charge in [-0.25, -0.2) is 0 Å². The van der Waals surface area contributed by atoms with E-state index in [2.05, 4.69) is 21.2 Å². The summed E-state index contributed by atoms with van der Waals surface area (Å²) in [4.78, 5) is 12.4. The molecule has 116 valence electrons. The predicted molar refractivity (Wildman–Crippen MR) is 101 cm³/mol. The minimum atomic E-state index is -0.172. The first-order chi connectivity index (χ1) is 11.1. The summed E-state index contributed by atoms with van der Waals surface area (Å²) >= 11 is 9.72. The molecule has 1 heterocycles. The number of amides is 1. The summed E-state index contributed by atoms with van der Waals surface area (Å²) in [5.41, 5.74) is 1.92. The number of carbonyl (C=O) groups excluding carboxylic acids is 1. The first-order valence-electron chi connectivity index (χ1n) is 6.83. The molecule has 1 aliphatic heterocycles. The maximum atomic E-state index is 11.8. The van der Waals surface area contributed by atoms with Crippen molar-refractivity contribution >= 4 is 56.2 Å². The number of carbonyl (C=O) groups is 1. The van der Waals surface area contributed by atoms with Gasteiger partial charge < -0.3 is 10.1 Å². The van der Waals surface area contributed by atoms with Crippen LogP contribution >= 0.6 is 39.9 Å². The molecule has 1 fully saturated rings. The lowest BCUT2D eigenvalue weighted by Gasteiger charge is -2.10. The van der Waals surface area contributed by atoms with E-state index in [4.69, 9.17) is 17.0 Å². The molecular weight excluding hydrogens is 394 g/mol. The summed E-state index contributed by atoms with van der Waals surface area (Å²) in [6.45, 7) is 0.469. The Bertz CT molecular complexity index is 790. The van der Waals surface area contributed by atoms with Gasteiger partial charge in [0.15, 0.2) is 0 Å². The van der Waals surface area contributed by atoms with Gasteiger partial charge in [0.05, 0.1) is 4.91 Å². The average molecular weight is 406 g/mol. The zero-order valence-electron chi connectivity index (χ0n) is 11.9. The van der Waals surface area contributed by atoms with Crippen molar-refractivity contribution in [3.63, 3.8) is 0 Å². The minimum absolute atomic E-state index is 0.172. The average Bonchev–Trinajstić information content (AvgIpc) is 2.85. The van der Waals surface area contributed by atoms with Crippen LogP contribution in [0.25, 0.3) is 6.08 Å².